The first-order valence-electron chi connectivity index (χ1n) is 8.34. The second-order valence-corrected chi connectivity index (χ2v) is 6.71. The second-order valence-electron chi connectivity index (χ2n) is 6.71. The van der Waals surface area contributed by atoms with Crippen LogP contribution in [0.5, 0.6) is 0 Å². The van der Waals surface area contributed by atoms with Crippen LogP contribution >= 0.6 is 0 Å². The van der Waals surface area contributed by atoms with Gasteiger partial charge in [0.1, 0.15) is 0 Å². The molecule has 2 saturated heterocycles. The highest BCUT2D eigenvalue weighted by molar-refractivity contribution is 5.31. The number of rotatable bonds is 3. The van der Waals surface area contributed by atoms with E-state index in [0.29, 0.717) is 0 Å². The van der Waals surface area contributed by atoms with Crippen molar-refractivity contribution < 1.29 is 0 Å². The number of hydrogen-bond acceptors (Lipinski definition) is 2. The third-order valence-electron chi connectivity index (χ3n) is 4.97. The van der Waals surface area contributed by atoms with Crippen LogP contribution in [0.1, 0.15) is 49.7 Å². The zero-order valence-electron chi connectivity index (χ0n) is 12.8. The Kier molecular flexibility index (Phi) is 4.74. The third-order valence-corrected chi connectivity index (χ3v) is 4.97. The molecule has 0 aliphatic carbocycles. The van der Waals surface area contributed by atoms with Crippen LogP contribution in [0, 0.1) is 5.92 Å². The molecule has 0 spiro atoms. The van der Waals surface area contributed by atoms with E-state index in [1.807, 2.05) is 0 Å². The Morgan fingerprint density at radius 2 is 1.95 bits per heavy atom. The normalized spacial score (nSPS) is 25.8. The summed E-state index contributed by atoms with van der Waals surface area (Å²) < 4.78 is 0. The Morgan fingerprint density at radius 3 is 2.75 bits per heavy atom. The van der Waals surface area contributed by atoms with Crippen LogP contribution in [-0.4, -0.2) is 31.1 Å². The Hall–Kier alpha value is -0.860. The third kappa shape index (κ3) is 3.42. The van der Waals surface area contributed by atoms with Gasteiger partial charge in [-0.2, -0.15) is 0 Å². The summed E-state index contributed by atoms with van der Waals surface area (Å²) >= 11 is 0. The van der Waals surface area contributed by atoms with E-state index in [2.05, 4.69) is 41.4 Å². The average molecular weight is 272 g/mol. The molecule has 0 bridgehead atoms. The number of hydrogen-bond donors (Lipinski definition) is 1. The summed E-state index contributed by atoms with van der Waals surface area (Å²) in [6.45, 7) is 8.47. The molecule has 2 heterocycles. The fourth-order valence-corrected chi connectivity index (χ4v) is 3.88. The van der Waals surface area contributed by atoms with Crippen molar-refractivity contribution in [2.75, 3.05) is 26.2 Å². The van der Waals surface area contributed by atoms with Crippen LogP contribution in [0.2, 0.25) is 0 Å². The van der Waals surface area contributed by atoms with Gasteiger partial charge < -0.3 is 5.32 Å². The van der Waals surface area contributed by atoms with Crippen LogP contribution in [-0.2, 0) is 6.54 Å². The zero-order chi connectivity index (χ0) is 13.8. The van der Waals surface area contributed by atoms with E-state index in [1.54, 1.807) is 11.1 Å². The van der Waals surface area contributed by atoms with Gasteiger partial charge in [-0.1, -0.05) is 31.2 Å². The molecule has 0 aromatic heterocycles. The predicted molar refractivity (Wildman–Crippen MR) is 85.0 cm³/mol. The molecule has 1 atom stereocenters. The molecule has 2 aliphatic heterocycles. The lowest BCUT2D eigenvalue weighted by atomic mass is 9.86. The molecule has 20 heavy (non-hydrogen) atoms. The molecule has 2 heteroatoms. The molecular weight excluding hydrogens is 244 g/mol. The van der Waals surface area contributed by atoms with Crippen molar-refractivity contribution in [1.29, 1.82) is 0 Å². The Balaban J connectivity index is 1.71. The van der Waals surface area contributed by atoms with Crippen molar-refractivity contribution >= 4 is 0 Å². The van der Waals surface area contributed by atoms with Crippen molar-refractivity contribution in [2.45, 2.75) is 45.1 Å². The van der Waals surface area contributed by atoms with Gasteiger partial charge in [0.2, 0.25) is 0 Å². The first-order valence-corrected chi connectivity index (χ1v) is 8.34. The lowest BCUT2D eigenvalue weighted by molar-refractivity contribution is 0.176. The fourth-order valence-electron chi connectivity index (χ4n) is 3.88. The molecule has 3 rings (SSSR count). The van der Waals surface area contributed by atoms with Crippen molar-refractivity contribution in [1.82, 2.24) is 10.2 Å². The van der Waals surface area contributed by atoms with Gasteiger partial charge in [0.05, 0.1) is 0 Å². The maximum absolute atomic E-state index is 3.48. The number of piperidine rings is 2. The molecule has 2 aliphatic rings. The lowest BCUT2D eigenvalue weighted by Gasteiger charge is -2.32. The number of nitrogens with one attached hydrogen (secondary N) is 1. The Bertz CT molecular complexity index is 423. The molecule has 1 aromatic rings. The van der Waals surface area contributed by atoms with Crippen LogP contribution in [0.25, 0.3) is 0 Å². The molecular formula is C18H28N2. The highest BCUT2D eigenvalue weighted by atomic mass is 15.1. The largest absolute Gasteiger partial charge is 0.317 e. The number of likely N-dealkylation sites (tertiary alicyclic amines) is 1. The lowest BCUT2D eigenvalue weighted by Crippen LogP contribution is -2.34. The quantitative estimate of drug-likeness (QED) is 0.907. The van der Waals surface area contributed by atoms with Crippen molar-refractivity contribution in [3.63, 3.8) is 0 Å². The summed E-state index contributed by atoms with van der Waals surface area (Å²) in [5, 5.41) is 3.48. The maximum Gasteiger partial charge on any atom is 0.0236 e. The zero-order valence-corrected chi connectivity index (χ0v) is 12.8. The molecule has 110 valence electrons. The van der Waals surface area contributed by atoms with Gasteiger partial charge in [0.15, 0.2) is 0 Å². The van der Waals surface area contributed by atoms with Gasteiger partial charge in [0, 0.05) is 13.1 Å². The second kappa shape index (κ2) is 6.73. The summed E-state index contributed by atoms with van der Waals surface area (Å²) in [6, 6.07) is 9.17. The van der Waals surface area contributed by atoms with Crippen LogP contribution in [0.3, 0.4) is 0 Å². The molecule has 1 aromatic carbocycles. The van der Waals surface area contributed by atoms with E-state index in [9.17, 15) is 0 Å². The minimum Gasteiger partial charge on any atom is -0.317 e. The SMILES string of the molecule is CC1CCCN(Cc2ccccc2C2CCNCC2)C1. The van der Waals surface area contributed by atoms with E-state index in [0.717, 1.165) is 18.4 Å². The first kappa shape index (κ1) is 14.1. The minimum atomic E-state index is 0.773. The van der Waals surface area contributed by atoms with E-state index >= 15 is 0 Å². The minimum absolute atomic E-state index is 0.773. The number of nitrogens with zero attached hydrogens (tertiary/aromatic N) is 1. The molecule has 0 saturated carbocycles. The van der Waals surface area contributed by atoms with Gasteiger partial charge >= 0.3 is 0 Å². The summed E-state index contributed by atoms with van der Waals surface area (Å²) in [4.78, 5) is 2.66. The van der Waals surface area contributed by atoms with E-state index in [4.69, 9.17) is 0 Å². The van der Waals surface area contributed by atoms with E-state index in [1.165, 1.54) is 51.9 Å². The van der Waals surface area contributed by atoms with Crippen LogP contribution in [0.4, 0.5) is 0 Å². The van der Waals surface area contributed by atoms with Crippen LogP contribution < -0.4 is 5.32 Å². The van der Waals surface area contributed by atoms with Crippen LogP contribution in [0.15, 0.2) is 24.3 Å². The van der Waals surface area contributed by atoms with Crippen molar-refractivity contribution in [2.24, 2.45) is 5.92 Å². The van der Waals surface area contributed by atoms with Crippen molar-refractivity contribution in [3.05, 3.63) is 35.4 Å². The molecule has 2 fully saturated rings. The summed E-state index contributed by atoms with van der Waals surface area (Å²) in [5.74, 6) is 1.64. The fraction of sp³-hybridized carbons (Fsp3) is 0.667. The summed E-state index contributed by atoms with van der Waals surface area (Å²) in [5.41, 5.74) is 3.20. The summed E-state index contributed by atoms with van der Waals surface area (Å²) in [6.07, 6.45) is 5.38. The first-order chi connectivity index (χ1) is 9.83. The highest BCUT2D eigenvalue weighted by Crippen LogP contribution is 2.29. The number of benzene rings is 1. The topological polar surface area (TPSA) is 15.3 Å². The molecule has 1 unspecified atom stereocenters. The standard InChI is InChI=1S/C18H28N2/c1-15-5-4-12-20(13-15)14-17-6-2-3-7-18(17)16-8-10-19-11-9-16/h2-3,6-7,15-16,19H,4-5,8-14H2,1H3. The molecule has 2 nitrogen and oxygen atoms in total. The molecule has 0 radical (unpaired) electrons. The van der Waals surface area contributed by atoms with E-state index in [-0.39, 0.29) is 0 Å². The van der Waals surface area contributed by atoms with Gasteiger partial charge in [-0.05, 0) is 68.3 Å². The van der Waals surface area contributed by atoms with Gasteiger partial charge in [-0.15, -0.1) is 0 Å². The van der Waals surface area contributed by atoms with Gasteiger partial charge in [0.25, 0.3) is 0 Å². The Labute approximate surface area is 123 Å². The van der Waals surface area contributed by atoms with Crippen molar-refractivity contribution in [3.8, 4) is 0 Å². The summed E-state index contributed by atoms with van der Waals surface area (Å²) in [7, 11) is 0. The van der Waals surface area contributed by atoms with Gasteiger partial charge in [-0.3, -0.25) is 4.90 Å². The Morgan fingerprint density at radius 1 is 1.15 bits per heavy atom. The average Bonchev–Trinajstić information content (AvgIpc) is 2.49. The highest BCUT2D eigenvalue weighted by Gasteiger charge is 2.21. The monoisotopic (exact) mass is 272 g/mol. The molecule has 1 N–H and O–H groups in total. The van der Waals surface area contributed by atoms with E-state index < -0.39 is 0 Å². The molecule has 0 amide bonds. The maximum atomic E-state index is 3.48. The van der Waals surface area contributed by atoms with Gasteiger partial charge in [-0.25, -0.2) is 0 Å². The predicted octanol–water partition coefficient (Wildman–Crippen LogP) is 3.39. The smallest absolute Gasteiger partial charge is 0.0236 e.